The van der Waals surface area contributed by atoms with E-state index in [0.717, 1.165) is 37.2 Å². The molecule has 0 bridgehead atoms. The van der Waals surface area contributed by atoms with Crippen LogP contribution in [0.4, 0.5) is 17.7 Å². The molecule has 37 heavy (non-hydrogen) atoms. The fraction of sp³-hybridized carbons (Fsp3) is 0.310. The van der Waals surface area contributed by atoms with Crippen LogP contribution < -0.4 is 21.5 Å². The fourth-order valence-electron chi connectivity index (χ4n) is 4.75. The van der Waals surface area contributed by atoms with Crippen LogP contribution >= 0.6 is 0 Å². The first-order valence-corrected chi connectivity index (χ1v) is 12.8. The van der Waals surface area contributed by atoms with E-state index in [4.69, 9.17) is 15.7 Å². The minimum Gasteiger partial charge on any atom is -0.351 e. The molecule has 0 aliphatic carbocycles. The lowest BCUT2D eigenvalue weighted by molar-refractivity contribution is 0.561. The largest absolute Gasteiger partial charge is 0.351 e. The van der Waals surface area contributed by atoms with Crippen molar-refractivity contribution >= 4 is 17.7 Å². The van der Waals surface area contributed by atoms with Gasteiger partial charge in [-0.15, -0.1) is 0 Å². The second-order valence-electron chi connectivity index (χ2n) is 9.79. The van der Waals surface area contributed by atoms with Gasteiger partial charge in [-0.3, -0.25) is 14.3 Å². The molecule has 4 aromatic rings. The van der Waals surface area contributed by atoms with Crippen LogP contribution in [0.1, 0.15) is 31.4 Å². The summed E-state index contributed by atoms with van der Waals surface area (Å²) >= 11 is 0. The molecule has 8 heteroatoms. The Bertz CT molecular complexity index is 1400. The van der Waals surface area contributed by atoms with Gasteiger partial charge >= 0.3 is 0 Å². The van der Waals surface area contributed by atoms with Crippen LogP contribution in [0.5, 0.6) is 0 Å². The van der Waals surface area contributed by atoms with Gasteiger partial charge in [-0.05, 0) is 50.3 Å². The van der Waals surface area contributed by atoms with Crippen molar-refractivity contribution in [2.75, 3.05) is 16.8 Å². The molecule has 0 fully saturated rings. The highest BCUT2D eigenvalue weighted by Crippen LogP contribution is 2.28. The second-order valence-corrected chi connectivity index (χ2v) is 9.79. The molecule has 2 aromatic carbocycles. The molecule has 0 saturated carbocycles. The summed E-state index contributed by atoms with van der Waals surface area (Å²) in [5, 5.41) is 3.43. The zero-order valence-corrected chi connectivity index (χ0v) is 21.3. The van der Waals surface area contributed by atoms with Crippen molar-refractivity contribution in [3.63, 3.8) is 0 Å². The Morgan fingerprint density at radius 2 is 1.68 bits per heavy atom. The monoisotopic (exact) mass is 495 g/mol. The van der Waals surface area contributed by atoms with E-state index >= 15 is 0 Å². The Labute approximate surface area is 217 Å². The molecule has 0 radical (unpaired) electrons. The summed E-state index contributed by atoms with van der Waals surface area (Å²) in [6.07, 6.45) is 4.30. The summed E-state index contributed by atoms with van der Waals surface area (Å²) in [6, 6.07) is 22.2. The summed E-state index contributed by atoms with van der Waals surface area (Å²) in [5.74, 6) is 1.88. The minimum atomic E-state index is -0.0541. The van der Waals surface area contributed by atoms with Crippen molar-refractivity contribution in [3.8, 4) is 11.3 Å². The summed E-state index contributed by atoms with van der Waals surface area (Å²) in [5.41, 5.74) is 9.93. The Kier molecular flexibility index (Phi) is 7.28. The van der Waals surface area contributed by atoms with Crippen molar-refractivity contribution in [2.45, 2.75) is 51.7 Å². The number of hydrogen-bond donors (Lipinski definition) is 2. The quantitative estimate of drug-likeness (QED) is 0.378. The number of aromatic nitrogens is 4. The van der Waals surface area contributed by atoms with E-state index in [0.29, 0.717) is 24.1 Å². The normalized spacial score (nSPS) is 14.6. The van der Waals surface area contributed by atoms with Gasteiger partial charge in [0.2, 0.25) is 11.9 Å². The molecule has 2 unspecified atom stereocenters. The predicted molar refractivity (Wildman–Crippen MR) is 148 cm³/mol. The van der Waals surface area contributed by atoms with Gasteiger partial charge in [0.25, 0.3) is 5.56 Å². The molecule has 2 atom stereocenters. The number of nitrogens with two attached hydrogens (primary N) is 1. The lowest BCUT2D eigenvalue weighted by Gasteiger charge is -2.30. The SMILES string of the molecule is CC(N)Cc1ccc(CC(C)Nc2nccc(N3CCCn4c3nc(-c3ccccc3)cc4=O)n2)cc1. The Balaban J connectivity index is 1.34. The number of fused-ring (bicyclic) bond motifs is 1. The third-order valence-electron chi connectivity index (χ3n) is 6.48. The van der Waals surface area contributed by atoms with E-state index in [1.54, 1.807) is 16.8 Å². The zero-order valence-electron chi connectivity index (χ0n) is 21.3. The second kappa shape index (κ2) is 10.9. The molecule has 0 saturated heterocycles. The highest BCUT2D eigenvalue weighted by molar-refractivity contribution is 5.63. The minimum absolute atomic E-state index is 0.0541. The van der Waals surface area contributed by atoms with Gasteiger partial charge < -0.3 is 11.1 Å². The van der Waals surface area contributed by atoms with E-state index in [9.17, 15) is 4.79 Å². The van der Waals surface area contributed by atoms with Crippen molar-refractivity contribution in [3.05, 3.63) is 94.4 Å². The highest BCUT2D eigenvalue weighted by atomic mass is 16.1. The average molecular weight is 496 g/mol. The first-order valence-electron chi connectivity index (χ1n) is 12.8. The molecular weight excluding hydrogens is 462 g/mol. The van der Waals surface area contributed by atoms with Crippen molar-refractivity contribution < 1.29 is 0 Å². The van der Waals surface area contributed by atoms with Crippen molar-refractivity contribution in [1.82, 2.24) is 19.5 Å². The number of nitrogens with zero attached hydrogens (tertiary/aromatic N) is 5. The van der Waals surface area contributed by atoms with Crippen LogP contribution in [0.2, 0.25) is 0 Å². The molecule has 3 N–H and O–H groups in total. The van der Waals surface area contributed by atoms with Gasteiger partial charge in [0.05, 0.1) is 5.69 Å². The number of hydrogen-bond acceptors (Lipinski definition) is 7. The van der Waals surface area contributed by atoms with Gasteiger partial charge in [-0.25, -0.2) is 9.97 Å². The van der Waals surface area contributed by atoms with Crippen molar-refractivity contribution in [1.29, 1.82) is 0 Å². The van der Waals surface area contributed by atoms with Crippen LogP contribution in [0.3, 0.4) is 0 Å². The molecule has 3 heterocycles. The van der Waals surface area contributed by atoms with Gasteiger partial charge in [0.1, 0.15) is 5.82 Å². The Morgan fingerprint density at radius 3 is 2.41 bits per heavy atom. The van der Waals surface area contributed by atoms with E-state index < -0.39 is 0 Å². The van der Waals surface area contributed by atoms with Gasteiger partial charge in [0.15, 0.2) is 0 Å². The molecule has 1 aliphatic heterocycles. The Hall–Kier alpha value is -4.04. The van der Waals surface area contributed by atoms with Crippen LogP contribution in [-0.4, -0.2) is 38.1 Å². The number of anilines is 3. The first kappa shape index (κ1) is 24.6. The Morgan fingerprint density at radius 1 is 0.946 bits per heavy atom. The maximum Gasteiger partial charge on any atom is 0.255 e. The lowest BCUT2D eigenvalue weighted by Crippen LogP contribution is -2.36. The van der Waals surface area contributed by atoms with Crippen LogP contribution in [0.15, 0.2) is 77.7 Å². The van der Waals surface area contributed by atoms with E-state index in [2.05, 4.69) is 41.5 Å². The maximum atomic E-state index is 12.9. The first-order chi connectivity index (χ1) is 18.0. The summed E-state index contributed by atoms with van der Waals surface area (Å²) in [4.78, 5) is 29.1. The standard InChI is InChI=1S/C29H33N7O/c1-20(30)17-22-9-11-23(12-10-22)18-21(2)32-28-31-14-13-26(34-28)35-15-6-16-36-27(37)19-25(33-29(35)36)24-7-4-3-5-8-24/h3-5,7-14,19-21H,6,15-18,30H2,1-2H3,(H,31,32,34). The van der Waals surface area contributed by atoms with Gasteiger partial charge in [-0.2, -0.15) is 4.98 Å². The molecule has 5 rings (SSSR count). The number of rotatable bonds is 8. The molecule has 8 nitrogen and oxygen atoms in total. The van der Waals surface area contributed by atoms with Gasteiger partial charge in [-0.1, -0.05) is 54.6 Å². The van der Waals surface area contributed by atoms with Crippen LogP contribution in [-0.2, 0) is 19.4 Å². The molecule has 1 aliphatic rings. The van der Waals surface area contributed by atoms with Crippen LogP contribution in [0, 0.1) is 0 Å². The fourth-order valence-corrected chi connectivity index (χ4v) is 4.75. The lowest BCUT2D eigenvalue weighted by atomic mass is 10.0. The molecule has 190 valence electrons. The van der Waals surface area contributed by atoms with E-state index in [1.165, 1.54) is 11.1 Å². The van der Waals surface area contributed by atoms with Gasteiger partial charge in [0, 0.05) is 43.0 Å². The van der Waals surface area contributed by atoms with Crippen molar-refractivity contribution in [2.24, 2.45) is 5.73 Å². The molecule has 0 amide bonds. The summed E-state index contributed by atoms with van der Waals surface area (Å²) < 4.78 is 1.73. The molecule has 0 spiro atoms. The predicted octanol–water partition coefficient (Wildman–Crippen LogP) is 4.17. The third-order valence-corrected chi connectivity index (χ3v) is 6.48. The average Bonchev–Trinajstić information content (AvgIpc) is 2.90. The molecule has 2 aromatic heterocycles. The summed E-state index contributed by atoms with van der Waals surface area (Å²) in [7, 11) is 0. The van der Waals surface area contributed by atoms with E-state index in [1.807, 2.05) is 48.2 Å². The number of benzene rings is 2. The topological polar surface area (TPSA) is 102 Å². The van der Waals surface area contributed by atoms with Crippen LogP contribution in [0.25, 0.3) is 11.3 Å². The molecular formula is C29H33N7O. The zero-order chi connectivity index (χ0) is 25.8. The maximum absolute atomic E-state index is 12.9. The highest BCUT2D eigenvalue weighted by Gasteiger charge is 2.23. The van der Waals surface area contributed by atoms with E-state index in [-0.39, 0.29) is 17.6 Å². The summed E-state index contributed by atoms with van der Waals surface area (Å²) in [6.45, 7) is 5.51. The smallest absolute Gasteiger partial charge is 0.255 e. The number of nitrogens with one attached hydrogen (secondary N) is 1. The third kappa shape index (κ3) is 5.86.